The van der Waals surface area contributed by atoms with Crippen molar-refractivity contribution in [3.05, 3.63) is 53.1 Å². The van der Waals surface area contributed by atoms with Gasteiger partial charge in [0.1, 0.15) is 5.82 Å². The van der Waals surface area contributed by atoms with Crippen LogP contribution < -0.4 is 10.6 Å². The van der Waals surface area contributed by atoms with Crippen LogP contribution in [0, 0.1) is 0 Å². The topological polar surface area (TPSA) is 37.0 Å². The molecule has 0 aliphatic heterocycles. The summed E-state index contributed by atoms with van der Waals surface area (Å²) in [6.45, 7) is 1.70. The molecule has 0 unspecified atom stereocenters. The Morgan fingerprint density at radius 2 is 1.71 bits per heavy atom. The Labute approximate surface area is 109 Å². The number of aromatic nitrogens is 1. The number of hydrogen-bond acceptors (Lipinski definition) is 3. The quantitative estimate of drug-likeness (QED) is 0.830. The van der Waals surface area contributed by atoms with Crippen molar-refractivity contribution in [1.29, 1.82) is 0 Å². The molecule has 0 bridgehead atoms. The van der Waals surface area contributed by atoms with Crippen LogP contribution in [0.5, 0.6) is 0 Å². The molecule has 2 N–H and O–H groups in total. The summed E-state index contributed by atoms with van der Waals surface area (Å²) in [7, 11) is 0. The summed E-state index contributed by atoms with van der Waals surface area (Å²) >= 11 is 3.36. The highest BCUT2D eigenvalue weighted by atomic mass is 79.9. The molecule has 88 valence electrons. The lowest BCUT2D eigenvalue weighted by Gasteiger charge is -2.08. The van der Waals surface area contributed by atoms with E-state index in [9.17, 15) is 0 Å². The van der Waals surface area contributed by atoms with Gasteiger partial charge in [0.25, 0.3) is 0 Å². The number of nitrogens with one attached hydrogen (secondary N) is 2. The van der Waals surface area contributed by atoms with Gasteiger partial charge in [-0.3, -0.25) is 0 Å². The third-order valence-electron chi connectivity index (χ3n) is 2.26. The summed E-state index contributed by atoms with van der Waals surface area (Å²) in [6.07, 6.45) is 1.78. The highest BCUT2D eigenvalue weighted by molar-refractivity contribution is 9.10. The summed E-state index contributed by atoms with van der Waals surface area (Å²) in [4.78, 5) is 4.24. The van der Waals surface area contributed by atoms with Crippen LogP contribution in [0.25, 0.3) is 0 Å². The average molecular weight is 292 g/mol. The predicted molar refractivity (Wildman–Crippen MR) is 75.4 cm³/mol. The molecule has 1 aromatic heterocycles. The van der Waals surface area contributed by atoms with E-state index in [1.165, 1.54) is 0 Å². The first-order chi connectivity index (χ1) is 8.34. The second-order valence-corrected chi connectivity index (χ2v) is 4.50. The van der Waals surface area contributed by atoms with E-state index < -0.39 is 0 Å². The summed E-state index contributed by atoms with van der Waals surface area (Å²) in [6, 6.07) is 14.1. The number of pyridine rings is 1. The molecule has 0 radical (unpaired) electrons. The highest BCUT2D eigenvalue weighted by Gasteiger charge is 1.93. The number of nitrogens with zero attached hydrogens (tertiary/aromatic N) is 1. The second kappa shape index (κ2) is 6.25. The van der Waals surface area contributed by atoms with Gasteiger partial charge in [-0.15, -0.1) is 0 Å². The average Bonchev–Trinajstić information content (AvgIpc) is 2.38. The van der Waals surface area contributed by atoms with E-state index >= 15 is 0 Å². The highest BCUT2D eigenvalue weighted by Crippen LogP contribution is 2.10. The normalized spacial score (nSPS) is 9.94. The molecule has 0 aliphatic carbocycles. The zero-order valence-electron chi connectivity index (χ0n) is 9.36. The zero-order chi connectivity index (χ0) is 11.9. The monoisotopic (exact) mass is 291 g/mol. The fourth-order valence-electron chi connectivity index (χ4n) is 1.43. The zero-order valence-corrected chi connectivity index (χ0v) is 10.9. The van der Waals surface area contributed by atoms with Crippen LogP contribution in [-0.4, -0.2) is 18.1 Å². The van der Waals surface area contributed by atoms with Gasteiger partial charge in [-0.2, -0.15) is 0 Å². The SMILES string of the molecule is Brc1ccc(NCCNc2ccccc2)nc1. The van der Waals surface area contributed by atoms with Crippen LogP contribution in [0.15, 0.2) is 53.1 Å². The first kappa shape index (κ1) is 11.9. The van der Waals surface area contributed by atoms with Gasteiger partial charge in [-0.05, 0) is 40.2 Å². The van der Waals surface area contributed by atoms with E-state index in [2.05, 4.69) is 43.7 Å². The molecule has 2 aromatic rings. The van der Waals surface area contributed by atoms with Crippen molar-refractivity contribution in [1.82, 2.24) is 4.98 Å². The number of hydrogen-bond donors (Lipinski definition) is 2. The Morgan fingerprint density at radius 1 is 0.941 bits per heavy atom. The minimum Gasteiger partial charge on any atom is -0.383 e. The van der Waals surface area contributed by atoms with Crippen LogP contribution in [0.2, 0.25) is 0 Å². The number of benzene rings is 1. The largest absolute Gasteiger partial charge is 0.383 e. The van der Waals surface area contributed by atoms with E-state index in [-0.39, 0.29) is 0 Å². The van der Waals surface area contributed by atoms with Crippen molar-refractivity contribution in [2.75, 3.05) is 23.7 Å². The molecule has 0 aliphatic rings. The Hall–Kier alpha value is -1.55. The predicted octanol–water partition coefficient (Wildman–Crippen LogP) is 3.37. The molecular weight excluding hydrogens is 278 g/mol. The maximum absolute atomic E-state index is 4.24. The first-order valence-corrected chi connectivity index (χ1v) is 6.28. The Morgan fingerprint density at radius 3 is 2.41 bits per heavy atom. The molecular formula is C13H14BrN3. The number of anilines is 2. The third kappa shape index (κ3) is 4.07. The van der Waals surface area contributed by atoms with Crippen LogP contribution in [0.3, 0.4) is 0 Å². The smallest absolute Gasteiger partial charge is 0.126 e. The van der Waals surface area contributed by atoms with E-state index in [0.717, 1.165) is 29.1 Å². The van der Waals surface area contributed by atoms with E-state index in [1.54, 1.807) is 6.20 Å². The standard InChI is InChI=1S/C13H14BrN3/c14-11-6-7-13(17-10-11)16-9-8-15-12-4-2-1-3-5-12/h1-7,10,15H,8-9H2,(H,16,17). The molecule has 0 amide bonds. The van der Waals surface area contributed by atoms with Crippen LogP contribution >= 0.6 is 15.9 Å². The lowest BCUT2D eigenvalue weighted by molar-refractivity contribution is 1.06. The minimum atomic E-state index is 0.837. The van der Waals surface area contributed by atoms with Gasteiger partial charge in [0.15, 0.2) is 0 Å². The third-order valence-corrected chi connectivity index (χ3v) is 2.73. The Bertz CT molecular complexity index is 442. The summed E-state index contributed by atoms with van der Waals surface area (Å²) in [5.41, 5.74) is 1.14. The lowest BCUT2D eigenvalue weighted by Crippen LogP contribution is -2.14. The van der Waals surface area contributed by atoms with Crippen molar-refractivity contribution in [3.8, 4) is 0 Å². The van der Waals surface area contributed by atoms with Gasteiger partial charge in [0, 0.05) is 29.4 Å². The molecule has 1 aromatic carbocycles. The van der Waals surface area contributed by atoms with E-state index in [1.807, 2.05) is 30.3 Å². The molecule has 0 saturated heterocycles. The number of halogens is 1. The van der Waals surface area contributed by atoms with Crippen LogP contribution in [-0.2, 0) is 0 Å². The molecule has 0 atom stereocenters. The van der Waals surface area contributed by atoms with Gasteiger partial charge in [0.2, 0.25) is 0 Å². The Balaban J connectivity index is 1.71. The van der Waals surface area contributed by atoms with Crippen LogP contribution in [0.1, 0.15) is 0 Å². The maximum Gasteiger partial charge on any atom is 0.126 e. The Kier molecular flexibility index (Phi) is 4.38. The van der Waals surface area contributed by atoms with Crippen molar-refractivity contribution in [2.24, 2.45) is 0 Å². The lowest BCUT2D eigenvalue weighted by atomic mass is 10.3. The van der Waals surface area contributed by atoms with Gasteiger partial charge >= 0.3 is 0 Å². The molecule has 4 heteroatoms. The molecule has 1 heterocycles. The first-order valence-electron chi connectivity index (χ1n) is 5.49. The summed E-state index contributed by atoms with van der Waals surface area (Å²) in [5.74, 6) is 0.892. The molecule has 17 heavy (non-hydrogen) atoms. The maximum atomic E-state index is 4.24. The molecule has 2 rings (SSSR count). The molecule has 0 spiro atoms. The molecule has 0 fully saturated rings. The van der Waals surface area contributed by atoms with E-state index in [4.69, 9.17) is 0 Å². The van der Waals surface area contributed by atoms with Gasteiger partial charge in [-0.1, -0.05) is 18.2 Å². The fourth-order valence-corrected chi connectivity index (χ4v) is 1.67. The van der Waals surface area contributed by atoms with Crippen molar-refractivity contribution < 1.29 is 0 Å². The van der Waals surface area contributed by atoms with Crippen molar-refractivity contribution in [2.45, 2.75) is 0 Å². The second-order valence-electron chi connectivity index (χ2n) is 3.58. The van der Waals surface area contributed by atoms with E-state index in [0.29, 0.717) is 0 Å². The van der Waals surface area contributed by atoms with Crippen molar-refractivity contribution in [3.63, 3.8) is 0 Å². The fraction of sp³-hybridized carbons (Fsp3) is 0.154. The number of rotatable bonds is 5. The van der Waals surface area contributed by atoms with Crippen LogP contribution in [0.4, 0.5) is 11.5 Å². The van der Waals surface area contributed by atoms with Gasteiger partial charge in [0.05, 0.1) is 0 Å². The van der Waals surface area contributed by atoms with Gasteiger partial charge < -0.3 is 10.6 Å². The minimum absolute atomic E-state index is 0.837. The number of para-hydroxylation sites is 1. The van der Waals surface area contributed by atoms with Crippen molar-refractivity contribution >= 4 is 27.4 Å². The summed E-state index contributed by atoms with van der Waals surface area (Å²) in [5, 5.41) is 6.57. The van der Waals surface area contributed by atoms with Gasteiger partial charge in [-0.25, -0.2) is 4.98 Å². The summed E-state index contributed by atoms with van der Waals surface area (Å²) < 4.78 is 0.991. The molecule has 0 saturated carbocycles. The molecule has 3 nitrogen and oxygen atoms in total.